The van der Waals surface area contributed by atoms with Crippen molar-refractivity contribution in [2.75, 3.05) is 0 Å². The van der Waals surface area contributed by atoms with Crippen LogP contribution in [0.25, 0.3) is 0 Å². The van der Waals surface area contributed by atoms with E-state index in [4.69, 9.17) is 39.8 Å². The van der Waals surface area contributed by atoms with E-state index < -0.39 is 60.1 Å². The third-order valence-corrected chi connectivity index (χ3v) is 16.1. The third kappa shape index (κ3) is 14.6. The predicted molar refractivity (Wildman–Crippen MR) is 263 cm³/mol. The molecular weight excluding hydrogens is 873 g/mol. The highest BCUT2D eigenvalue weighted by atomic mass is 16.6. The van der Waals surface area contributed by atoms with Gasteiger partial charge in [0.2, 0.25) is 0 Å². The Morgan fingerprint density at radius 3 is 0.794 bits per heavy atom. The predicted octanol–water partition coefficient (Wildman–Crippen LogP) is 5.78. The zero-order valence-corrected chi connectivity index (χ0v) is 44.8. The van der Waals surface area contributed by atoms with Crippen LogP contribution in [0.15, 0.2) is 0 Å². The Morgan fingerprint density at radius 1 is 0.368 bits per heavy atom. The molecule has 394 valence electrons. The molecule has 0 aliphatic carbocycles. The first-order valence-electron chi connectivity index (χ1n) is 26.4. The van der Waals surface area contributed by atoms with Gasteiger partial charge in [-0.3, -0.25) is 19.2 Å². The number of esters is 4. The molecule has 0 aromatic rings. The average molecular weight is 971 g/mol. The number of carbonyl (C=O) groups excluding carboxylic acids is 4. The van der Waals surface area contributed by atoms with E-state index in [2.05, 4.69) is 27.7 Å². The zero-order chi connectivity index (χ0) is 51.2. The van der Waals surface area contributed by atoms with Crippen molar-refractivity contribution >= 4 is 23.9 Å². The van der Waals surface area contributed by atoms with Gasteiger partial charge >= 0.3 is 23.9 Å². The summed E-state index contributed by atoms with van der Waals surface area (Å²) >= 11 is 0. The fourth-order valence-corrected chi connectivity index (χ4v) is 11.7. The number of piperidine rings is 4. The lowest BCUT2D eigenvalue weighted by molar-refractivity contribution is -0.226. The molecule has 4 aliphatic heterocycles. The minimum Gasteiger partial charge on any atom is -0.462 e. The number of rotatable bonds is 19. The quantitative estimate of drug-likeness (QED) is 0.0653. The summed E-state index contributed by atoms with van der Waals surface area (Å²) in [6.45, 7) is 32.7. The van der Waals surface area contributed by atoms with E-state index in [1.54, 1.807) is 20.3 Å². The van der Waals surface area contributed by atoms with Crippen LogP contribution in [0.1, 0.15) is 175 Å². The van der Waals surface area contributed by atoms with Crippen molar-refractivity contribution < 1.29 is 59.0 Å². The van der Waals surface area contributed by atoms with Gasteiger partial charge < -0.3 is 39.8 Å². The third-order valence-electron chi connectivity index (χ3n) is 16.1. The summed E-state index contributed by atoms with van der Waals surface area (Å²) in [6.07, 6.45) is 0.383. The molecule has 0 radical (unpaired) electrons. The molecule has 0 aromatic carbocycles. The molecule has 0 amide bonds. The molecule has 4 fully saturated rings. The molecule has 4 heterocycles. The van der Waals surface area contributed by atoms with Crippen molar-refractivity contribution in [1.82, 2.24) is 20.3 Å². The fourth-order valence-electron chi connectivity index (χ4n) is 11.7. The molecule has 16 nitrogen and oxygen atoms in total. The molecule has 9 atom stereocenters. The van der Waals surface area contributed by atoms with Gasteiger partial charge in [-0.2, -0.15) is 0 Å². The topological polar surface area (TPSA) is 210 Å². The zero-order valence-electron chi connectivity index (χ0n) is 44.8. The van der Waals surface area contributed by atoms with Crippen molar-refractivity contribution in [2.45, 2.75) is 248 Å². The maximum atomic E-state index is 15.1. The molecule has 0 bridgehead atoms. The Kier molecular flexibility index (Phi) is 21.6. The smallest absolute Gasteiger partial charge is 0.321 e. The average Bonchev–Trinajstić information content (AvgIpc) is 3.23. The van der Waals surface area contributed by atoms with Gasteiger partial charge in [0, 0.05) is 57.8 Å². The van der Waals surface area contributed by atoms with Crippen molar-refractivity contribution in [3.63, 3.8) is 0 Å². The Morgan fingerprint density at radius 2 is 0.574 bits per heavy atom. The molecule has 4 saturated heterocycles. The van der Waals surface area contributed by atoms with E-state index in [0.29, 0.717) is 51.4 Å². The second-order valence-electron chi connectivity index (χ2n) is 23.9. The number of hydrogen-bond donors (Lipinski definition) is 0. The highest BCUT2D eigenvalue weighted by Crippen LogP contribution is 2.38. The molecule has 0 aromatic heterocycles. The minimum atomic E-state index is -1.77. The van der Waals surface area contributed by atoms with Gasteiger partial charge in [-0.25, -0.2) is 0 Å². The molecule has 4 rings (SSSR count). The lowest BCUT2D eigenvalue weighted by Crippen LogP contribution is -2.55. The molecule has 0 spiro atoms. The second kappa shape index (κ2) is 25.3. The Hall–Kier alpha value is -2.44. The fraction of sp³-hybridized carbons (Fsp3) is 0.923. The standard InChI is InChI=1S/C52H94N4O12/c1-27(2)40-19-35(20-41(28(3)4)53(40)61)65-48(57)18-17-39(50(58)66-36-21-42(29(5)6)54(62)43(22-36)30(7)8)49(51(59)67-37-23-44(31(9)10)55(63)45(24-37)32(11)12)52(60)68-38-25-46(33(13)14)56(64)47(26-38)34(15)16/h27-47,49,61-64H,17-26H2,1-16H3/p+4. The van der Waals surface area contributed by atoms with E-state index in [9.17, 15) is 4.79 Å². The SMILES string of the molecule is CC(C)C1CC(OC(=O)CCC(C(=O)OC2CC(C(C)C)N([OH2+])C(C(C)C)C2)C(C(=O)OC2CC(C(C)C)N([OH2+])C(C(C)C)C2)C(=O)OC2CC(C(C)C)N([OH2+])C(C(C)C)C2)CC(C(C)C)N1[OH2+]. The molecule has 0 saturated carbocycles. The van der Waals surface area contributed by atoms with Crippen LogP contribution in [0.5, 0.6) is 0 Å². The van der Waals surface area contributed by atoms with Crippen molar-refractivity contribution in [3.8, 4) is 0 Å². The van der Waals surface area contributed by atoms with E-state index in [1.807, 2.05) is 83.1 Å². The van der Waals surface area contributed by atoms with Gasteiger partial charge in [-0.05, 0) is 53.8 Å². The first-order valence-corrected chi connectivity index (χ1v) is 26.4. The van der Waals surface area contributed by atoms with Gasteiger partial charge in [-0.15, -0.1) is 0 Å². The van der Waals surface area contributed by atoms with Crippen LogP contribution < -0.4 is 0 Å². The molecule has 8 N–H and O–H groups in total. The van der Waals surface area contributed by atoms with Crippen LogP contribution in [0, 0.1) is 59.2 Å². The van der Waals surface area contributed by atoms with E-state index >= 15 is 14.4 Å². The van der Waals surface area contributed by atoms with Crippen molar-refractivity contribution in [2.24, 2.45) is 59.2 Å². The van der Waals surface area contributed by atoms with Gasteiger partial charge in [0.05, 0.1) is 54.3 Å². The minimum absolute atomic E-state index is 0.0786. The number of hydroxylamine groups is 8. The second-order valence-corrected chi connectivity index (χ2v) is 23.9. The van der Waals surface area contributed by atoms with Gasteiger partial charge in [0.15, 0.2) is 5.92 Å². The van der Waals surface area contributed by atoms with Crippen LogP contribution in [-0.4, -0.2) is 138 Å². The largest absolute Gasteiger partial charge is 0.462 e. The lowest BCUT2D eigenvalue weighted by atomic mass is 9.83. The monoisotopic (exact) mass is 971 g/mol. The van der Waals surface area contributed by atoms with Gasteiger partial charge in [-0.1, -0.05) is 131 Å². The van der Waals surface area contributed by atoms with Crippen LogP contribution in [-0.2, 0) is 38.1 Å². The summed E-state index contributed by atoms with van der Waals surface area (Å²) < 4.78 is 25.3. The van der Waals surface area contributed by atoms with E-state index in [0.717, 1.165) is 0 Å². The van der Waals surface area contributed by atoms with E-state index in [-0.39, 0.29) is 109 Å². The maximum absolute atomic E-state index is 15.1. The summed E-state index contributed by atoms with van der Waals surface area (Å²) in [6, 6.07) is -1.52. The van der Waals surface area contributed by atoms with Gasteiger partial charge in [0.1, 0.15) is 24.4 Å². The summed E-state index contributed by atoms with van der Waals surface area (Å²) in [7, 11) is 0. The molecule has 4 aliphatic rings. The first-order chi connectivity index (χ1) is 31.6. The summed E-state index contributed by atoms with van der Waals surface area (Å²) in [5, 5.41) is 42.4. The summed E-state index contributed by atoms with van der Waals surface area (Å²) in [5.74, 6) is -5.64. The highest BCUT2D eigenvalue weighted by Gasteiger charge is 2.51. The lowest BCUT2D eigenvalue weighted by Gasteiger charge is -2.42. The van der Waals surface area contributed by atoms with Crippen LogP contribution >= 0.6 is 0 Å². The Bertz CT molecular complexity index is 1500. The number of nitrogens with zero attached hydrogens (tertiary/aromatic N) is 4. The molecule has 68 heavy (non-hydrogen) atoms. The van der Waals surface area contributed by atoms with Crippen LogP contribution in [0.2, 0.25) is 0 Å². The first kappa shape index (κ1) is 58.1. The van der Waals surface area contributed by atoms with Crippen LogP contribution in [0.4, 0.5) is 0 Å². The van der Waals surface area contributed by atoms with E-state index in [1.165, 1.54) is 0 Å². The van der Waals surface area contributed by atoms with Crippen molar-refractivity contribution in [3.05, 3.63) is 0 Å². The number of ether oxygens (including phenoxy) is 4. The highest BCUT2D eigenvalue weighted by molar-refractivity contribution is 5.99. The normalized spacial score (nSPS) is 32.7. The van der Waals surface area contributed by atoms with Crippen LogP contribution in [0.3, 0.4) is 0 Å². The Balaban J connectivity index is 1.76. The number of carbonyl (C=O) groups is 4. The summed E-state index contributed by atoms with van der Waals surface area (Å²) in [5.41, 5.74) is 0. The molecular formula is C52H98N4O12+4. The Labute approximate surface area is 408 Å². The molecule has 9 unspecified atom stereocenters. The maximum Gasteiger partial charge on any atom is 0.321 e. The number of hydrogen-bond acceptors (Lipinski definition) is 12. The summed E-state index contributed by atoms with van der Waals surface area (Å²) in [4.78, 5) is 59.3. The van der Waals surface area contributed by atoms with Crippen molar-refractivity contribution in [1.29, 1.82) is 0 Å². The molecule has 16 heteroatoms. The van der Waals surface area contributed by atoms with Gasteiger partial charge in [0.25, 0.3) is 0 Å².